The lowest BCUT2D eigenvalue weighted by Gasteiger charge is -2.29. The molecule has 0 aliphatic carbocycles. The molecule has 0 bridgehead atoms. The maximum Gasteiger partial charge on any atom is 0.236 e. The zero-order chi connectivity index (χ0) is 16.8. The standard InChI is InChI=1S/C20H24N2O2/c1-24-19-9-5-4-7-17(19)10-12-21-14-20(23)22-13-11-16-6-2-3-8-18(16)15-22/h2-9,21H,10-15H2,1H3. The van der Waals surface area contributed by atoms with Crippen LogP contribution in [0.3, 0.4) is 0 Å². The molecule has 4 nitrogen and oxygen atoms in total. The molecule has 1 N–H and O–H groups in total. The van der Waals surface area contributed by atoms with Crippen molar-refractivity contribution in [2.24, 2.45) is 0 Å². The fourth-order valence-electron chi connectivity index (χ4n) is 3.15. The number of benzene rings is 2. The van der Waals surface area contributed by atoms with E-state index in [2.05, 4.69) is 29.6 Å². The minimum atomic E-state index is 0.171. The molecule has 0 spiro atoms. The van der Waals surface area contributed by atoms with E-state index in [0.717, 1.165) is 43.8 Å². The number of carbonyl (C=O) groups excluding carboxylic acids is 1. The molecule has 126 valence electrons. The van der Waals surface area contributed by atoms with Gasteiger partial charge in [0, 0.05) is 13.1 Å². The molecule has 1 heterocycles. The SMILES string of the molecule is COc1ccccc1CCNCC(=O)N1CCc2ccccc2C1. The Labute approximate surface area is 143 Å². The average Bonchev–Trinajstić information content (AvgIpc) is 2.65. The van der Waals surface area contributed by atoms with Crippen molar-refractivity contribution in [2.45, 2.75) is 19.4 Å². The Morgan fingerprint density at radius 1 is 1.12 bits per heavy atom. The number of fused-ring (bicyclic) bond motifs is 1. The largest absolute Gasteiger partial charge is 0.496 e. The molecule has 0 saturated carbocycles. The van der Waals surface area contributed by atoms with E-state index in [1.807, 2.05) is 29.2 Å². The number of methoxy groups -OCH3 is 1. The van der Waals surface area contributed by atoms with E-state index in [0.29, 0.717) is 6.54 Å². The fourth-order valence-corrected chi connectivity index (χ4v) is 3.15. The molecule has 0 fully saturated rings. The monoisotopic (exact) mass is 324 g/mol. The normalized spacial score (nSPS) is 13.5. The summed E-state index contributed by atoms with van der Waals surface area (Å²) in [5, 5.41) is 3.26. The van der Waals surface area contributed by atoms with Crippen LogP contribution >= 0.6 is 0 Å². The molecule has 3 rings (SSSR count). The van der Waals surface area contributed by atoms with Gasteiger partial charge in [-0.1, -0.05) is 42.5 Å². The Balaban J connectivity index is 1.45. The lowest BCUT2D eigenvalue weighted by Crippen LogP contribution is -2.41. The molecular formula is C20H24N2O2. The third-order valence-corrected chi connectivity index (χ3v) is 4.52. The molecule has 4 heteroatoms. The summed E-state index contributed by atoms with van der Waals surface area (Å²) in [7, 11) is 1.68. The maximum atomic E-state index is 12.4. The number of hydrogen-bond donors (Lipinski definition) is 1. The Kier molecular flexibility index (Phi) is 5.49. The molecule has 2 aromatic rings. The number of carbonyl (C=O) groups is 1. The van der Waals surface area contributed by atoms with Crippen molar-refractivity contribution in [2.75, 3.05) is 26.7 Å². The maximum absolute atomic E-state index is 12.4. The highest BCUT2D eigenvalue weighted by Gasteiger charge is 2.19. The summed E-state index contributed by atoms with van der Waals surface area (Å²) < 4.78 is 5.35. The van der Waals surface area contributed by atoms with E-state index >= 15 is 0 Å². The van der Waals surface area contributed by atoms with Crippen molar-refractivity contribution in [1.29, 1.82) is 0 Å². The van der Waals surface area contributed by atoms with Crippen LogP contribution in [0.5, 0.6) is 5.75 Å². The highest BCUT2D eigenvalue weighted by atomic mass is 16.5. The van der Waals surface area contributed by atoms with Crippen LogP contribution in [0.25, 0.3) is 0 Å². The second-order valence-electron chi connectivity index (χ2n) is 6.07. The van der Waals surface area contributed by atoms with E-state index in [1.165, 1.54) is 11.1 Å². The number of nitrogens with zero attached hydrogens (tertiary/aromatic N) is 1. The van der Waals surface area contributed by atoms with Gasteiger partial charge in [0.25, 0.3) is 0 Å². The van der Waals surface area contributed by atoms with E-state index in [-0.39, 0.29) is 5.91 Å². The van der Waals surface area contributed by atoms with Crippen molar-refractivity contribution in [3.63, 3.8) is 0 Å². The van der Waals surface area contributed by atoms with Gasteiger partial charge in [-0.15, -0.1) is 0 Å². The van der Waals surface area contributed by atoms with Crippen LogP contribution in [0, 0.1) is 0 Å². The van der Waals surface area contributed by atoms with E-state index < -0.39 is 0 Å². The fraction of sp³-hybridized carbons (Fsp3) is 0.350. The van der Waals surface area contributed by atoms with Gasteiger partial charge in [-0.05, 0) is 42.1 Å². The van der Waals surface area contributed by atoms with Crippen molar-refractivity contribution >= 4 is 5.91 Å². The lowest BCUT2D eigenvalue weighted by atomic mass is 10.00. The minimum Gasteiger partial charge on any atom is -0.496 e. The van der Waals surface area contributed by atoms with Gasteiger partial charge in [0.1, 0.15) is 5.75 Å². The summed E-state index contributed by atoms with van der Waals surface area (Å²) in [5.41, 5.74) is 3.80. The number of hydrogen-bond acceptors (Lipinski definition) is 3. The van der Waals surface area contributed by atoms with Crippen LogP contribution in [0.1, 0.15) is 16.7 Å². The Bertz CT molecular complexity index is 700. The van der Waals surface area contributed by atoms with Crippen molar-refractivity contribution in [1.82, 2.24) is 10.2 Å². The molecule has 2 aromatic carbocycles. The van der Waals surface area contributed by atoms with Crippen LogP contribution in [-0.2, 0) is 24.2 Å². The third-order valence-electron chi connectivity index (χ3n) is 4.52. The first kappa shape index (κ1) is 16.5. The quantitative estimate of drug-likeness (QED) is 0.830. The number of para-hydroxylation sites is 1. The topological polar surface area (TPSA) is 41.6 Å². The zero-order valence-corrected chi connectivity index (χ0v) is 14.1. The second-order valence-corrected chi connectivity index (χ2v) is 6.07. The summed E-state index contributed by atoms with van der Waals surface area (Å²) in [4.78, 5) is 14.3. The third kappa shape index (κ3) is 3.95. The van der Waals surface area contributed by atoms with Gasteiger partial charge in [0.2, 0.25) is 5.91 Å². The zero-order valence-electron chi connectivity index (χ0n) is 14.1. The molecule has 0 atom stereocenters. The van der Waals surface area contributed by atoms with Crippen LogP contribution in [0.2, 0.25) is 0 Å². The molecule has 1 aliphatic heterocycles. The van der Waals surface area contributed by atoms with Crippen molar-refractivity contribution in [3.05, 3.63) is 65.2 Å². The van der Waals surface area contributed by atoms with Gasteiger partial charge in [-0.2, -0.15) is 0 Å². The number of ether oxygens (including phenoxy) is 1. The van der Waals surface area contributed by atoms with Gasteiger partial charge in [0.05, 0.1) is 13.7 Å². The van der Waals surface area contributed by atoms with Crippen LogP contribution in [0.4, 0.5) is 0 Å². The first-order valence-electron chi connectivity index (χ1n) is 8.45. The predicted molar refractivity (Wildman–Crippen MR) is 95.1 cm³/mol. The average molecular weight is 324 g/mol. The van der Waals surface area contributed by atoms with Crippen LogP contribution in [0.15, 0.2) is 48.5 Å². The minimum absolute atomic E-state index is 0.171. The molecule has 0 radical (unpaired) electrons. The molecule has 1 aliphatic rings. The molecule has 0 aromatic heterocycles. The van der Waals surface area contributed by atoms with E-state index in [1.54, 1.807) is 7.11 Å². The van der Waals surface area contributed by atoms with Crippen LogP contribution < -0.4 is 10.1 Å². The van der Waals surface area contributed by atoms with Crippen molar-refractivity contribution in [3.8, 4) is 5.75 Å². The van der Waals surface area contributed by atoms with Gasteiger partial charge < -0.3 is 15.0 Å². The van der Waals surface area contributed by atoms with Gasteiger partial charge in [0.15, 0.2) is 0 Å². The molecule has 0 unspecified atom stereocenters. The van der Waals surface area contributed by atoms with E-state index in [9.17, 15) is 4.79 Å². The summed E-state index contributed by atoms with van der Waals surface area (Å²) >= 11 is 0. The highest BCUT2D eigenvalue weighted by molar-refractivity contribution is 5.78. The van der Waals surface area contributed by atoms with Crippen LogP contribution in [-0.4, -0.2) is 37.6 Å². The smallest absolute Gasteiger partial charge is 0.236 e. The van der Waals surface area contributed by atoms with Crippen molar-refractivity contribution < 1.29 is 9.53 Å². The Hall–Kier alpha value is -2.33. The molecule has 1 amide bonds. The Morgan fingerprint density at radius 2 is 1.88 bits per heavy atom. The summed E-state index contributed by atoms with van der Waals surface area (Å²) in [6.45, 7) is 2.68. The highest BCUT2D eigenvalue weighted by Crippen LogP contribution is 2.19. The van der Waals surface area contributed by atoms with Gasteiger partial charge in [-0.3, -0.25) is 4.79 Å². The lowest BCUT2D eigenvalue weighted by molar-refractivity contribution is -0.131. The molecular weight excluding hydrogens is 300 g/mol. The van der Waals surface area contributed by atoms with E-state index in [4.69, 9.17) is 4.74 Å². The molecule has 24 heavy (non-hydrogen) atoms. The number of rotatable bonds is 6. The predicted octanol–water partition coefficient (Wildman–Crippen LogP) is 2.41. The summed E-state index contributed by atoms with van der Waals surface area (Å²) in [5.74, 6) is 1.07. The van der Waals surface area contributed by atoms with Gasteiger partial charge in [-0.25, -0.2) is 0 Å². The second kappa shape index (κ2) is 7.97. The number of amides is 1. The first-order chi connectivity index (χ1) is 11.8. The van der Waals surface area contributed by atoms with Gasteiger partial charge >= 0.3 is 0 Å². The number of nitrogens with one attached hydrogen (secondary N) is 1. The first-order valence-corrected chi connectivity index (χ1v) is 8.45. The summed E-state index contributed by atoms with van der Waals surface area (Å²) in [6.07, 6.45) is 1.79. The molecule has 0 saturated heterocycles. The summed E-state index contributed by atoms with van der Waals surface area (Å²) in [6, 6.07) is 16.4. The Morgan fingerprint density at radius 3 is 2.71 bits per heavy atom.